The van der Waals surface area contributed by atoms with Gasteiger partial charge in [0, 0.05) is 30.6 Å². The van der Waals surface area contributed by atoms with Crippen molar-refractivity contribution in [1.29, 1.82) is 0 Å². The third-order valence-corrected chi connectivity index (χ3v) is 3.20. The predicted octanol–water partition coefficient (Wildman–Crippen LogP) is 2.88. The van der Waals surface area contributed by atoms with E-state index < -0.39 is 0 Å². The molecule has 1 heterocycles. The smallest absolute Gasteiger partial charge is 0.269 e. The van der Waals surface area contributed by atoms with Gasteiger partial charge in [0.1, 0.15) is 0 Å². The molecule has 2 rings (SSSR count). The number of aromatic nitrogens is 1. The molecule has 0 saturated heterocycles. The fourth-order valence-corrected chi connectivity index (χ4v) is 1.97. The highest BCUT2D eigenvalue weighted by molar-refractivity contribution is 5.32. The van der Waals surface area contributed by atoms with Gasteiger partial charge < -0.3 is 5.32 Å². The van der Waals surface area contributed by atoms with Crippen molar-refractivity contribution in [3.05, 3.63) is 70.0 Å². The Balaban J connectivity index is 1.82. The van der Waals surface area contributed by atoms with E-state index in [2.05, 4.69) is 17.2 Å². The average molecular weight is 271 g/mol. The molecule has 1 N–H and O–H groups in total. The van der Waals surface area contributed by atoms with Crippen LogP contribution in [0.15, 0.2) is 48.8 Å². The molecule has 2 aromatic rings. The summed E-state index contributed by atoms with van der Waals surface area (Å²) in [7, 11) is 0. The number of nitro benzene ring substituents is 1. The van der Waals surface area contributed by atoms with Crippen molar-refractivity contribution in [2.24, 2.45) is 0 Å². The van der Waals surface area contributed by atoms with Crippen molar-refractivity contribution >= 4 is 5.69 Å². The Labute approximate surface area is 117 Å². The van der Waals surface area contributed by atoms with Crippen LogP contribution in [0.25, 0.3) is 0 Å². The van der Waals surface area contributed by atoms with Gasteiger partial charge in [0.2, 0.25) is 0 Å². The maximum atomic E-state index is 10.6. The minimum atomic E-state index is -0.382. The summed E-state index contributed by atoms with van der Waals surface area (Å²) in [5.41, 5.74) is 2.36. The number of nitro groups is 1. The van der Waals surface area contributed by atoms with Crippen LogP contribution in [0.4, 0.5) is 5.69 Å². The standard InChI is InChI=1S/C15H17N3O2/c1-12(14-3-2-9-16-11-14)17-10-8-13-4-6-15(7-5-13)18(19)20/h2-7,9,11-12,17H,8,10H2,1H3/t12-/m0/s1. The minimum Gasteiger partial charge on any atom is -0.310 e. The molecule has 5 heteroatoms. The van der Waals surface area contributed by atoms with Crippen LogP contribution in [0.1, 0.15) is 24.1 Å². The van der Waals surface area contributed by atoms with Crippen LogP contribution >= 0.6 is 0 Å². The van der Waals surface area contributed by atoms with E-state index in [4.69, 9.17) is 0 Å². The lowest BCUT2D eigenvalue weighted by molar-refractivity contribution is -0.384. The summed E-state index contributed by atoms with van der Waals surface area (Å²) >= 11 is 0. The van der Waals surface area contributed by atoms with Crippen molar-refractivity contribution in [3.8, 4) is 0 Å². The van der Waals surface area contributed by atoms with E-state index in [0.29, 0.717) is 0 Å². The van der Waals surface area contributed by atoms with Crippen molar-refractivity contribution in [1.82, 2.24) is 10.3 Å². The van der Waals surface area contributed by atoms with E-state index in [9.17, 15) is 10.1 Å². The van der Waals surface area contributed by atoms with Crippen molar-refractivity contribution in [3.63, 3.8) is 0 Å². The van der Waals surface area contributed by atoms with E-state index >= 15 is 0 Å². The largest absolute Gasteiger partial charge is 0.310 e. The zero-order valence-electron chi connectivity index (χ0n) is 11.3. The van der Waals surface area contributed by atoms with Gasteiger partial charge in [-0.05, 0) is 37.1 Å². The minimum absolute atomic E-state index is 0.130. The lowest BCUT2D eigenvalue weighted by Gasteiger charge is -2.13. The number of hydrogen-bond acceptors (Lipinski definition) is 4. The number of hydrogen-bond donors (Lipinski definition) is 1. The first-order valence-corrected chi connectivity index (χ1v) is 6.53. The van der Waals surface area contributed by atoms with Crippen LogP contribution in [0.3, 0.4) is 0 Å². The van der Waals surface area contributed by atoms with Gasteiger partial charge >= 0.3 is 0 Å². The van der Waals surface area contributed by atoms with Crippen LogP contribution in [0.2, 0.25) is 0 Å². The molecular weight excluding hydrogens is 254 g/mol. The zero-order chi connectivity index (χ0) is 14.4. The summed E-state index contributed by atoms with van der Waals surface area (Å²) in [6, 6.07) is 10.9. The molecule has 0 spiro atoms. The van der Waals surface area contributed by atoms with Crippen LogP contribution in [0, 0.1) is 10.1 Å². The lowest BCUT2D eigenvalue weighted by Crippen LogP contribution is -2.21. The second-order valence-corrected chi connectivity index (χ2v) is 4.64. The Morgan fingerprint density at radius 2 is 2.05 bits per heavy atom. The van der Waals surface area contributed by atoms with Gasteiger partial charge in [-0.1, -0.05) is 18.2 Å². The fourth-order valence-electron chi connectivity index (χ4n) is 1.97. The SMILES string of the molecule is C[C@H](NCCc1ccc([N+](=O)[O-])cc1)c1cccnc1. The Hall–Kier alpha value is -2.27. The Bertz CT molecular complexity index is 555. The van der Waals surface area contributed by atoms with Gasteiger partial charge in [-0.25, -0.2) is 0 Å². The first kappa shape index (κ1) is 14.1. The molecule has 1 atom stereocenters. The highest BCUT2D eigenvalue weighted by atomic mass is 16.6. The van der Waals surface area contributed by atoms with Crippen molar-refractivity contribution in [2.45, 2.75) is 19.4 Å². The molecule has 0 aliphatic rings. The third-order valence-electron chi connectivity index (χ3n) is 3.20. The molecule has 0 unspecified atom stereocenters. The summed E-state index contributed by atoms with van der Waals surface area (Å²) in [4.78, 5) is 14.3. The lowest BCUT2D eigenvalue weighted by atomic mass is 10.1. The topological polar surface area (TPSA) is 68.1 Å². The molecule has 0 radical (unpaired) electrons. The van der Waals surface area contributed by atoms with Crippen LogP contribution in [0.5, 0.6) is 0 Å². The third kappa shape index (κ3) is 3.86. The van der Waals surface area contributed by atoms with Gasteiger partial charge in [0.25, 0.3) is 5.69 Å². The number of pyridine rings is 1. The fraction of sp³-hybridized carbons (Fsp3) is 0.267. The summed E-state index contributed by atoms with van der Waals surface area (Å²) in [5, 5.41) is 14.0. The normalized spacial score (nSPS) is 12.1. The predicted molar refractivity (Wildman–Crippen MR) is 77.5 cm³/mol. The first-order valence-electron chi connectivity index (χ1n) is 6.53. The second kappa shape index (κ2) is 6.77. The van der Waals surface area contributed by atoms with Gasteiger partial charge in [-0.3, -0.25) is 15.1 Å². The Kier molecular flexibility index (Phi) is 4.79. The summed E-state index contributed by atoms with van der Waals surface area (Å²) in [6.45, 7) is 2.90. The molecule has 20 heavy (non-hydrogen) atoms. The summed E-state index contributed by atoms with van der Waals surface area (Å²) < 4.78 is 0. The molecule has 0 fully saturated rings. The molecular formula is C15H17N3O2. The molecule has 1 aromatic heterocycles. The number of benzene rings is 1. The highest BCUT2D eigenvalue weighted by Gasteiger charge is 2.06. The number of nitrogens with one attached hydrogen (secondary N) is 1. The molecule has 0 saturated carbocycles. The first-order chi connectivity index (χ1) is 9.66. The monoisotopic (exact) mass is 271 g/mol. The van der Waals surface area contributed by atoms with Gasteiger partial charge in [0.05, 0.1) is 4.92 Å². The van der Waals surface area contributed by atoms with Gasteiger partial charge in [0.15, 0.2) is 0 Å². The van der Waals surface area contributed by atoms with E-state index in [1.54, 1.807) is 30.5 Å². The average Bonchev–Trinajstić information content (AvgIpc) is 2.48. The molecule has 0 aliphatic carbocycles. The molecule has 0 amide bonds. The molecule has 1 aromatic carbocycles. The molecule has 0 aliphatic heterocycles. The van der Waals surface area contributed by atoms with Gasteiger partial charge in [-0.2, -0.15) is 0 Å². The van der Waals surface area contributed by atoms with E-state index in [-0.39, 0.29) is 16.7 Å². The van der Waals surface area contributed by atoms with Crippen LogP contribution < -0.4 is 5.32 Å². The summed E-state index contributed by atoms with van der Waals surface area (Å²) in [6.07, 6.45) is 4.44. The summed E-state index contributed by atoms with van der Waals surface area (Å²) in [5.74, 6) is 0. The Morgan fingerprint density at radius 3 is 2.65 bits per heavy atom. The highest BCUT2D eigenvalue weighted by Crippen LogP contribution is 2.13. The van der Waals surface area contributed by atoms with Gasteiger partial charge in [-0.15, -0.1) is 0 Å². The van der Waals surface area contributed by atoms with Crippen LogP contribution in [-0.4, -0.2) is 16.5 Å². The zero-order valence-corrected chi connectivity index (χ0v) is 11.3. The maximum absolute atomic E-state index is 10.6. The number of nitrogens with zero attached hydrogens (tertiary/aromatic N) is 2. The number of rotatable bonds is 6. The second-order valence-electron chi connectivity index (χ2n) is 4.64. The molecule has 0 bridgehead atoms. The maximum Gasteiger partial charge on any atom is 0.269 e. The van der Waals surface area contributed by atoms with E-state index in [1.165, 1.54) is 0 Å². The van der Waals surface area contributed by atoms with Crippen molar-refractivity contribution in [2.75, 3.05) is 6.54 Å². The van der Waals surface area contributed by atoms with Crippen LogP contribution in [-0.2, 0) is 6.42 Å². The molecule has 104 valence electrons. The van der Waals surface area contributed by atoms with E-state index in [1.807, 2.05) is 18.3 Å². The quantitative estimate of drug-likeness (QED) is 0.648. The Morgan fingerprint density at radius 1 is 1.30 bits per heavy atom. The number of non-ortho nitro benzene ring substituents is 1. The van der Waals surface area contributed by atoms with E-state index in [0.717, 1.165) is 24.1 Å². The molecule has 5 nitrogen and oxygen atoms in total. The van der Waals surface area contributed by atoms with Crippen molar-refractivity contribution < 1.29 is 4.92 Å².